The first kappa shape index (κ1) is 23.4. The van der Waals surface area contributed by atoms with Gasteiger partial charge in [-0.1, -0.05) is 55.0 Å². The van der Waals surface area contributed by atoms with E-state index in [-0.39, 0.29) is 36.2 Å². The summed E-state index contributed by atoms with van der Waals surface area (Å²) in [6.07, 6.45) is 4.27. The molecule has 1 aliphatic carbocycles. The fourth-order valence-electron chi connectivity index (χ4n) is 5.62. The molecular formula is C28H34N4O3. The molecule has 3 fully saturated rings. The summed E-state index contributed by atoms with van der Waals surface area (Å²) < 4.78 is 0. The van der Waals surface area contributed by atoms with Gasteiger partial charge in [0.15, 0.2) is 0 Å². The molecule has 3 aliphatic rings. The Morgan fingerprint density at radius 1 is 1.00 bits per heavy atom. The maximum absolute atomic E-state index is 13.8. The van der Waals surface area contributed by atoms with Crippen LogP contribution in [-0.4, -0.2) is 59.4 Å². The van der Waals surface area contributed by atoms with Crippen LogP contribution < -0.4 is 10.2 Å². The number of carbonyl (C=O) groups excluding carboxylic acids is 3. The van der Waals surface area contributed by atoms with Gasteiger partial charge in [-0.3, -0.25) is 14.4 Å². The van der Waals surface area contributed by atoms with Gasteiger partial charge < -0.3 is 20.0 Å². The molecule has 7 nitrogen and oxygen atoms in total. The fourth-order valence-corrected chi connectivity index (χ4v) is 5.62. The Hall–Kier alpha value is -3.35. The lowest BCUT2D eigenvalue weighted by Crippen LogP contribution is -2.58. The van der Waals surface area contributed by atoms with Gasteiger partial charge in [0.25, 0.3) is 5.91 Å². The fraction of sp³-hybridized carbons (Fsp3) is 0.464. The lowest BCUT2D eigenvalue weighted by atomic mass is 9.81. The molecule has 2 saturated heterocycles. The number of piperidine rings is 1. The van der Waals surface area contributed by atoms with E-state index in [0.29, 0.717) is 32.6 Å². The Bertz CT molecular complexity index is 1060. The van der Waals surface area contributed by atoms with Crippen LogP contribution in [-0.2, 0) is 14.4 Å². The third-order valence-corrected chi connectivity index (χ3v) is 7.95. The van der Waals surface area contributed by atoms with Crippen LogP contribution in [0.3, 0.4) is 0 Å². The highest BCUT2D eigenvalue weighted by molar-refractivity contribution is 5.96. The normalized spacial score (nSPS) is 20.6. The van der Waals surface area contributed by atoms with Crippen molar-refractivity contribution >= 4 is 23.4 Å². The predicted octanol–water partition coefficient (Wildman–Crippen LogP) is 3.33. The lowest BCUT2D eigenvalue weighted by molar-refractivity contribution is -0.143. The lowest BCUT2D eigenvalue weighted by Gasteiger charge is -2.44. The van der Waals surface area contributed by atoms with Crippen LogP contribution >= 0.6 is 0 Å². The predicted molar refractivity (Wildman–Crippen MR) is 134 cm³/mol. The molecule has 0 bridgehead atoms. The van der Waals surface area contributed by atoms with Crippen molar-refractivity contribution in [3.8, 4) is 0 Å². The van der Waals surface area contributed by atoms with Crippen LogP contribution in [0.15, 0.2) is 60.7 Å². The van der Waals surface area contributed by atoms with Crippen LogP contribution in [0.2, 0.25) is 0 Å². The molecule has 1 N–H and O–H groups in total. The summed E-state index contributed by atoms with van der Waals surface area (Å²) in [5.74, 6) is 0.228. The summed E-state index contributed by atoms with van der Waals surface area (Å²) in [4.78, 5) is 45.3. The van der Waals surface area contributed by atoms with Crippen molar-refractivity contribution in [1.29, 1.82) is 0 Å². The summed E-state index contributed by atoms with van der Waals surface area (Å²) >= 11 is 0. The molecule has 7 heteroatoms. The Labute approximate surface area is 207 Å². The monoisotopic (exact) mass is 474 g/mol. The van der Waals surface area contributed by atoms with Crippen molar-refractivity contribution in [3.05, 3.63) is 66.2 Å². The minimum atomic E-state index is -0.719. The number of para-hydroxylation sites is 1. The molecule has 1 saturated carbocycles. The van der Waals surface area contributed by atoms with E-state index in [1.165, 1.54) is 0 Å². The maximum atomic E-state index is 13.8. The minimum Gasteiger partial charge on any atom is -0.348 e. The van der Waals surface area contributed by atoms with Gasteiger partial charge in [-0.05, 0) is 50.3 Å². The average Bonchev–Trinajstić information content (AvgIpc) is 3.10. The molecule has 2 aromatic carbocycles. The number of anilines is 1. The van der Waals surface area contributed by atoms with E-state index in [4.69, 9.17) is 0 Å². The molecule has 2 aliphatic heterocycles. The SMILES string of the molecule is CC(NC(=O)CN1CN(c2ccccc2)C2(CCN(C(=O)C3CCC3)CC2)C1=O)c1ccccc1. The molecule has 1 spiro atoms. The van der Waals surface area contributed by atoms with E-state index in [9.17, 15) is 14.4 Å². The number of benzene rings is 2. The van der Waals surface area contributed by atoms with Crippen LogP contribution in [0.4, 0.5) is 5.69 Å². The van der Waals surface area contributed by atoms with Gasteiger partial charge in [0.2, 0.25) is 11.8 Å². The summed E-state index contributed by atoms with van der Waals surface area (Å²) in [6, 6.07) is 19.6. The molecule has 2 heterocycles. The second-order valence-electron chi connectivity index (χ2n) is 10.1. The quantitative estimate of drug-likeness (QED) is 0.697. The van der Waals surface area contributed by atoms with Crippen LogP contribution in [0.5, 0.6) is 0 Å². The Balaban J connectivity index is 1.30. The van der Waals surface area contributed by atoms with Gasteiger partial charge in [0.05, 0.1) is 12.7 Å². The number of hydrogen-bond donors (Lipinski definition) is 1. The Morgan fingerprint density at radius 3 is 2.23 bits per heavy atom. The van der Waals surface area contributed by atoms with Gasteiger partial charge >= 0.3 is 0 Å². The minimum absolute atomic E-state index is 0.0142. The van der Waals surface area contributed by atoms with E-state index in [0.717, 1.165) is 30.5 Å². The van der Waals surface area contributed by atoms with Crippen LogP contribution in [0, 0.1) is 5.92 Å². The highest BCUT2D eigenvalue weighted by atomic mass is 16.2. The molecule has 5 rings (SSSR count). The Kier molecular flexibility index (Phi) is 6.50. The number of rotatable bonds is 6. The van der Waals surface area contributed by atoms with E-state index >= 15 is 0 Å². The second kappa shape index (κ2) is 9.72. The van der Waals surface area contributed by atoms with Crippen molar-refractivity contribution in [2.45, 2.75) is 50.6 Å². The smallest absolute Gasteiger partial charge is 0.250 e. The number of likely N-dealkylation sites (tertiary alicyclic amines) is 1. The zero-order valence-corrected chi connectivity index (χ0v) is 20.4. The van der Waals surface area contributed by atoms with E-state index in [1.54, 1.807) is 4.90 Å². The van der Waals surface area contributed by atoms with Gasteiger partial charge in [0.1, 0.15) is 12.1 Å². The first-order chi connectivity index (χ1) is 17.0. The van der Waals surface area contributed by atoms with Gasteiger partial charge in [-0.25, -0.2) is 0 Å². The molecule has 184 valence electrons. The van der Waals surface area contributed by atoms with Gasteiger partial charge in [-0.2, -0.15) is 0 Å². The zero-order valence-electron chi connectivity index (χ0n) is 20.4. The highest BCUT2D eigenvalue weighted by Crippen LogP contribution is 2.40. The second-order valence-corrected chi connectivity index (χ2v) is 10.1. The number of amides is 3. The third kappa shape index (κ3) is 4.51. The van der Waals surface area contributed by atoms with Gasteiger partial charge in [0, 0.05) is 24.7 Å². The summed E-state index contributed by atoms with van der Waals surface area (Å²) in [5, 5.41) is 3.03. The van der Waals surface area contributed by atoms with Gasteiger partial charge in [-0.15, -0.1) is 0 Å². The van der Waals surface area contributed by atoms with Crippen LogP contribution in [0.1, 0.15) is 50.6 Å². The number of carbonyl (C=O) groups is 3. The van der Waals surface area contributed by atoms with Crippen LogP contribution in [0.25, 0.3) is 0 Å². The average molecular weight is 475 g/mol. The molecule has 35 heavy (non-hydrogen) atoms. The third-order valence-electron chi connectivity index (χ3n) is 7.95. The number of nitrogens with zero attached hydrogens (tertiary/aromatic N) is 3. The van der Waals surface area contributed by atoms with Crippen molar-refractivity contribution < 1.29 is 14.4 Å². The van der Waals surface area contributed by atoms with Crippen molar-refractivity contribution in [3.63, 3.8) is 0 Å². The first-order valence-electron chi connectivity index (χ1n) is 12.7. The van der Waals surface area contributed by atoms with E-state index < -0.39 is 5.54 Å². The van der Waals surface area contributed by atoms with Crippen molar-refractivity contribution in [1.82, 2.24) is 15.1 Å². The molecule has 0 radical (unpaired) electrons. The first-order valence-corrected chi connectivity index (χ1v) is 12.7. The summed E-state index contributed by atoms with van der Waals surface area (Å²) in [7, 11) is 0. The molecular weight excluding hydrogens is 440 g/mol. The maximum Gasteiger partial charge on any atom is 0.250 e. The van der Waals surface area contributed by atoms with E-state index in [1.807, 2.05) is 72.5 Å². The van der Waals surface area contributed by atoms with E-state index in [2.05, 4.69) is 10.2 Å². The molecule has 2 aromatic rings. The Morgan fingerprint density at radius 2 is 1.63 bits per heavy atom. The number of nitrogens with one attached hydrogen (secondary N) is 1. The van der Waals surface area contributed by atoms with Crippen molar-refractivity contribution in [2.75, 3.05) is 31.2 Å². The summed E-state index contributed by atoms with van der Waals surface area (Å²) in [6.45, 7) is 3.50. The molecule has 3 amide bonds. The number of hydrogen-bond acceptors (Lipinski definition) is 4. The molecule has 1 unspecified atom stereocenters. The molecule has 1 atom stereocenters. The molecule has 0 aromatic heterocycles. The largest absolute Gasteiger partial charge is 0.348 e. The standard InChI is InChI=1S/C28H34N4O3/c1-21(22-9-4-2-5-10-22)29-25(33)19-31-20-32(24-13-6-3-7-14-24)28(27(31)35)15-17-30(18-16-28)26(34)23-11-8-12-23/h2-7,9-10,13-14,21,23H,8,11-12,15-20H2,1H3,(H,29,33). The highest BCUT2D eigenvalue weighted by Gasteiger charge is 2.54. The summed E-state index contributed by atoms with van der Waals surface area (Å²) in [5.41, 5.74) is 1.28. The topological polar surface area (TPSA) is 73.0 Å². The zero-order chi connectivity index (χ0) is 24.4. The van der Waals surface area contributed by atoms with Crippen molar-refractivity contribution in [2.24, 2.45) is 5.92 Å².